The largest absolute Gasteiger partial charge is 0.467 e. The molecule has 1 aliphatic rings. The Balaban J connectivity index is 2.03. The number of aliphatic hydroxyl groups is 1. The Hall–Kier alpha value is -1.33. The highest BCUT2D eigenvalue weighted by molar-refractivity contribution is 5.82. The van der Waals surface area contributed by atoms with Crippen molar-refractivity contribution in [3.8, 4) is 0 Å². The van der Waals surface area contributed by atoms with E-state index in [1.807, 2.05) is 18.0 Å². The van der Waals surface area contributed by atoms with Crippen LogP contribution < -0.4 is 0 Å². The number of aliphatic hydroxyl groups excluding tert-OH is 1. The standard InChI is InChI=1S/C11H16N2O3/c1-12-4-5-13(11(15)10(12)8-14)7-9-3-2-6-16-9/h2-3,6,10,14H,4-5,7-8H2,1H3. The Bertz CT molecular complexity index is 350. The zero-order valence-corrected chi connectivity index (χ0v) is 9.30. The van der Waals surface area contributed by atoms with Crippen LogP contribution >= 0.6 is 0 Å². The van der Waals surface area contributed by atoms with Crippen LogP contribution in [0, 0.1) is 0 Å². The first kappa shape index (κ1) is 11.2. The number of nitrogens with zero attached hydrogens (tertiary/aromatic N) is 2. The number of carbonyl (C=O) groups excluding carboxylic acids is 1. The fraction of sp³-hybridized carbons (Fsp3) is 0.545. The number of piperazine rings is 1. The van der Waals surface area contributed by atoms with E-state index >= 15 is 0 Å². The first-order valence-electron chi connectivity index (χ1n) is 5.34. The maximum atomic E-state index is 12.0. The van der Waals surface area contributed by atoms with Crippen LogP contribution in [0.2, 0.25) is 0 Å². The normalized spacial score (nSPS) is 22.8. The minimum absolute atomic E-state index is 0.0346. The summed E-state index contributed by atoms with van der Waals surface area (Å²) in [7, 11) is 1.85. The van der Waals surface area contributed by atoms with Gasteiger partial charge in [0.1, 0.15) is 11.8 Å². The van der Waals surface area contributed by atoms with Gasteiger partial charge in [0.05, 0.1) is 19.4 Å². The van der Waals surface area contributed by atoms with Gasteiger partial charge in [-0.05, 0) is 19.2 Å². The molecule has 1 aromatic heterocycles. The lowest BCUT2D eigenvalue weighted by atomic mass is 10.1. The lowest BCUT2D eigenvalue weighted by Gasteiger charge is -2.37. The number of rotatable bonds is 3. The number of carbonyl (C=O) groups is 1. The molecule has 2 heterocycles. The summed E-state index contributed by atoms with van der Waals surface area (Å²) in [6.07, 6.45) is 1.60. The van der Waals surface area contributed by atoms with Crippen LogP contribution in [0.5, 0.6) is 0 Å². The average molecular weight is 224 g/mol. The summed E-state index contributed by atoms with van der Waals surface area (Å²) in [5, 5.41) is 9.16. The number of hydrogen-bond acceptors (Lipinski definition) is 4. The second-order valence-electron chi connectivity index (χ2n) is 4.02. The average Bonchev–Trinajstić information content (AvgIpc) is 2.76. The predicted octanol–water partition coefficient (Wildman–Crippen LogP) is -0.0855. The minimum atomic E-state index is -0.413. The molecule has 1 atom stereocenters. The molecule has 16 heavy (non-hydrogen) atoms. The summed E-state index contributed by atoms with van der Waals surface area (Å²) in [6.45, 7) is 1.80. The second kappa shape index (κ2) is 4.67. The first-order valence-corrected chi connectivity index (χ1v) is 5.34. The summed E-state index contributed by atoms with van der Waals surface area (Å²) in [5.74, 6) is 0.738. The van der Waals surface area contributed by atoms with Crippen molar-refractivity contribution >= 4 is 5.91 Å². The fourth-order valence-corrected chi connectivity index (χ4v) is 1.91. The van der Waals surface area contributed by atoms with Crippen LogP contribution in [0.25, 0.3) is 0 Å². The van der Waals surface area contributed by atoms with E-state index in [4.69, 9.17) is 9.52 Å². The quantitative estimate of drug-likeness (QED) is 0.780. The van der Waals surface area contributed by atoms with Crippen molar-refractivity contribution in [3.63, 3.8) is 0 Å². The molecule has 1 unspecified atom stereocenters. The molecule has 1 aromatic rings. The number of amides is 1. The fourth-order valence-electron chi connectivity index (χ4n) is 1.91. The maximum Gasteiger partial charge on any atom is 0.242 e. The Morgan fingerprint density at radius 2 is 2.38 bits per heavy atom. The Kier molecular flexibility index (Phi) is 3.26. The lowest BCUT2D eigenvalue weighted by molar-refractivity contribution is -0.143. The van der Waals surface area contributed by atoms with Gasteiger partial charge in [-0.15, -0.1) is 0 Å². The summed E-state index contributed by atoms with van der Waals surface area (Å²) in [4.78, 5) is 15.6. The molecule has 0 aromatic carbocycles. The Labute approximate surface area is 94.2 Å². The van der Waals surface area contributed by atoms with Gasteiger partial charge in [0, 0.05) is 13.1 Å². The van der Waals surface area contributed by atoms with E-state index in [2.05, 4.69) is 0 Å². The molecular weight excluding hydrogens is 208 g/mol. The molecule has 5 heteroatoms. The molecule has 88 valence electrons. The third-order valence-electron chi connectivity index (χ3n) is 2.95. The van der Waals surface area contributed by atoms with Gasteiger partial charge in [-0.25, -0.2) is 0 Å². The molecule has 0 bridgehead atoms. The van der Waals surface area contributed by atoms with Crippen molar-refractivity contribution in [2.75, 3.05) is 26.7 Å². The molecule has 5 nitrogen and oxygen atoms in total. The van der Waals surface area contributed by atoms with Gasteiger partial charge >= 0.3 is 0 Å². The molecule has 0 saturated carbocycles. The molecule has 0 radical (unpaired) electrons. The summed E-state index contributed by atoms with van der Waals surface area (Å²) in [6, 6.07) is 3.24. The number of likely N-dealkylation sites (N-methyl/N-ethyl adjacent to an activating group) is 1. The van der Waals surface area contributed by atoms with Crippen molar-refractivity contribution in [2.45, 2.75) is 12.6 Å². The molecule has 1 aliphatic heterocycles. The van der Waals surface area contributed by atoms with E-state index in [0.717, 1.165) is 12.3 Å². The highest BCUT2D eigenvalue weighted by Crippen LogP contribution is 2.13. The van der Waals surface area contributed by atoms with Crippen molar-refractivity contribution in [1.29, 1.82) is 0 Å². The van der Waals surface area contributed by atoms with Gasteiger partial charge in [-0.1, -0.05) is 0 Å². The van der Waals surface area contributed by atoms with E-state index in [1.54, 1.807) is 17.2 Å². The van der Waals surface area contributed by atoms with Gasteiger partial charge in [0.25, 0.3) is 0 Å². The summed E-state index contributed by atoms with van der Waals surface area (Å²) < 4.78 is 5.21. The molecular formula is C11H16N2O3. The smallest absolute Gasteiger partial charge is 0.242 e. The molecule has 0 spiro atoms. The van der Waals surface area contributed by atoms with Crippen molar-refractivity contribution < 1.29 is 14.3 Å². The van der Waals surface area contributed by atoms with Crippen molar-refractivity contribution in [1.82, 2.24) is 9.80 Å². The summed E-state index contributed by atoms with van der Waals surface area (Å²) in [5.41, 5.74) is 0. The number of hydrogen-bond donors (Lipinski definition) is 1. The highest BCUT2D eigenvalue weighted by Gasteiger charge is 2.32. The van der Waals surface area contributed by atoms with Crippen molar-refractivity contribution in [2.24, 2.45) is 0 Å². The van der Waals surface area contributed by atoms with Crippen LogP contribution in [-0.4, -0.2) is 53.6 Å². The minimum Gasteiger partial charge on any atom is -0.467 e. The van der Waals surface area contributed by atoms with Gasteiger partial charge < -0.3 is 14.4 Å². The maximum absolute atomic E-state index is 12.0. The van der Waals surface area contributed by atoms with Crippen molar-refractivity contribution in [3.05, 3.63) is 24.2 Å². The summed E-state index contributed by atoms with van der Waals surface area (Å²) >= 11 is 0. The molecule has 2 rings (SSSR count). The predicted molar refractivity (Wildman–Crippen MR) is 57.6 cm³/mol. The van der Waals surface area contributed by atoms with Crippen LogP contribution in [0.4, 0.5) is 0 Å². The van der Waals surface area contributed by atoms with E-state index in [1.165, 1.54) is 0 Å². The molecule has 1 fully saturated rings. The van der Waals surface area contributed by atoms with E-state index in [-0.39, 0.29) is 12.5 Å². The molecule has 1 amide bonds. The second-order valence-corrected chi connectivity index (χ2v) is 4.02. The van der Waals surface area contributed by atoms with Crippen LogP contribution in [0.1, 0.15) is 5.76 Å². The Morgan fingerprint density at radius 3 is 3.00 bits per heavy atom. The highest BCUT2D eigenvalue weighted by atomic mass is 16.3. The van der Waals surface area contributed by atoms with Crippen LogP contribution in [0.15, 0.2) is 22.8 Å². The number of furan rings is 1. The molecule has 0 aliphatic carbocycles. The molecule has 1 saturated heterocycles. The Morgan fingerprint density at radius 1 is 1.56 bits per heavy atom. The SMILES string of the molecule is CN1CCN(Cc2ccco2)C(=O)C1CO. The van der Waals surface area contributed by atoms with E-state index in [9.17, 15) is 4.79 Å². The van der Waals surface area contributed by atoms with E-state index < -0.39 is 6.04 Å². The monoisotopic (exact) mass is 224 g/mol. The zero-order chi connectivity index (χ0) is 11.5. The topological polar surface area (TPSA) is 56.9 Å². The zero-order valence-electron chi connectivity index (χ0n) is 9.30. The van der Waals surface area contributed by atoms with Crippen LogP contribution in [0.3, 0.4) is 0 Å². The third-order valence-corrected chi connectivity index (χ3v) is 2.95. The van der Waals surface area contributed by atoms with Gasteiger partial charge in [-0.3, -0.25) is 9.69 Å². The molecule has 1 N–H and O–H groups in total. The van der Waals surface area contributed by atoms with Gasteiger partial charge in [-0.2, -0.15) is 0 Å². The van der Waals surface area contributed by atoms with E-state index in [0.29, 0.717) is 13.1 Å². The van der Waals surface area contributed by atoms with Crippen LogP contribution in [-0.2, 0) is 11.3 Å². The van der Waals surface area contributed by atoms with Gasteiger partial charge in [0.2, 0.25) is 5.91 Å². The first-order chi connectivity index (χ1) is 7.72. The van der Waals surface area contributed by atoms with Gasteiger partial charge in [0.15, 0.2) is 0 Å². The third kappa shape index (κ3) is 2.10. The lowest BCUT2D eigenvalue weighted by Crippen LogP contribution is -2.56.